The van der Waals surface area contributed by atoms with Crippen LogP contribution in [0.3, 0.4) is 0 Å². The molecule has 2 rings (SSSR count). The molecule has 0 amide bonds. The molecule has 0 aliphatic rings. The Kier molecular flexibility index (Phi) is 6.70. The first-order valence-corrected chi connectivity index (χ1v) is 9.33. The van der Waals surface area contributed by atoms with Crippen LogP contribution in [-0.4, -0.2) is 20.9 Å². The summed E-state index contributed by atoms with van der Waals surface area (Å²) in [5.74, 6) is -1.52. The summed E-state index contributed by atoms with van der Waals surface area (Å²) in [6, 6.07) is 3.85. The summed E-state index contributed by atoms with van der Waals surface area (Å²) in [4.78, 5) is 34.5. The number of rotatable bonds is 5. The SMILES string of the molecule is Cc1c([N+](=O)[O-])cc(C(C)(C)C)c(OC(=O)c2c(Cl)ccc(Cl)c2CO)c1[N+](=O)[O-]. The lowest BCUT2D eigenvalue weighted by atomic mass is 9.84. The van der Waals surface area contributed by atoms with Crippen LogP contribution in [-0.2, 0) is 12.0 Å². The number of hydrogen-bond acceptors (Lipinski definition) is 7. The van der Waals surface area contributed by atoms with E-state index in [1.165, 1.54) is 19.1 Å². The van der Waals surface area contributed by atoms with E-state index in [9.17, 15) is 30.1 Å². The predicted octanol–water partition coefficient (Wildman–Crippen LogP) is 5.13. The van der Waals surface area contributed by atoms with E-state index in [1.807, 2.05) is 0 Å². The van der Waals surface area contributed by atoms with E-state index in [2.05, 4.69) is 0 Å². The summed E-state index contributed by atoms with van der Waals surface area (Å²) < 4.78 is 5.39. The topological polar surface area (TPSA) is 133 Å². The van der Waals surface area contributed by atoms with E-state index in [0.717, 1.165) is 6.07 Å². The predicted molar refractivity (Wildman–Crippen MR) is 111 cm³/mol. The van der Waals surface area contributed by atoms with Crippen LogP contribution in [0.1, 0.15) is 47.8 Å². The van der Waals surface area contributed by atoms with Gasteiger partial charge >= 0.3 is 11.7 Å². The molecule has 30 heavy (non-hydrogen) atoms. The van der Waals surface area contributed by atoms with E-state index < -0.39 is 45.0 Å². The van der Waals surface area contributed by atoms with Crippen molar-refractivity contribution in [3.05, 3.63) is 70.7 Å². The number of halogens is 2. The Labute approximate surface area is 181 Å². The van der Waals surface area contributed by atoms with Gasteiger partial charge in [-0.05, 0) is 24.5 Å². The quantitative estimate of drug-likeness (QED) is 0.285. The van der Waals surface area contributed by atoms with Crippen molar-refractivity contribution in [2.24, 2.45) is 0 Å². The van der Waals surface area contributed by atoms with Crippen LogP contribution in [0.2, 0.25) is 10.0 Å². The maximum atomic E-state index is 12.9. The van der Waals surface area contributed by atoms with Crippen molar-refractivity contribution in [2.45, 2.75) is 39.7 Å². The number of carbonyl (C=O) groups is 1. The van der Waals surface area contributed by atoms with Gasteiger partial charge in [-0.2, -0.15) is 0 Å². The number of esters is 1. The molecule has 9 nitrogen and oxygen atoms in total. The van der Waals surface area contributed by atoms with Crippen LogP contribution < -0.4 is 4.74 Å². The minimum absolute atomic E-state index is 0.00670. The second kappa shape index (κ2) is 8.55. The standard InChI is InChI=1S/C19H18Cl2N2O7/c1-9-14(22(26)27)7-11(19(2,3)4)17(16(9)23(28)29)30-18(25)15-10(8-24)12(20)5-6-13(15)21/h5-7,24H,8H2,1-4H3. The number of nitrogens with zero attached hydrogens (tertiary/aromatic N) is 2. The number of aliphatic hydroxyl groups excluding tert-OH is 1. The molecule has 0 saturated carbocycles. The van der Waals surface area contributed by atoms with Crippen LogP contribution in [0, 0.1) is 27.2 Å². The number of ether oxygens (including phenoxy) is 1. The average Bonchev–Trinajstić information content (AvgIpc) is 2.61. The number of nitro groups is 2. The Bertz CT molecular complexity index is 1060. The lowest BCUT2D eigenvalue weighted by Gasteiger charge is -2.23. The van der Waals surface area contributed by atoms with Crippen molar-refractivity contribution >= 4 is 40.5 Å². The third-order valence-corrected chi connectivity index (χ3v) is 5.10. The zero-order chi connectivity index (χ0) is 23.0. The third kappa shape index (κ3) is 4.38. The maximum absolute atomic E-state index is 12.9. The number of hydrogen-bond donors (Lipinski definition) is 1. The third-order valence-electron chi connectivity index (χ3n) is 4.43. The Morgan fingerprint density at radius 3 is 2.17 bits per heavy atom. The fourth-order valence-corrected chi connectivity index (χ4v) is 3.38. The van der Waals surface area contributed by atoms with Gasteiger partial charge in [-0.3, -0.25) is 20.2 Å². The van der Waals surface area contributed by atoms with E-state index >= 15 is 0 Å². The van der Waals surface area contributed by atoms with Crippen LogP contribution in [0.25, 0.3) is 0 Å². The molecule has 0 bridgehead atoms. The molecule has 0 saturated heterocycles. The van der Waals surface area contributed by atoms with Crippen molar-refractivity contribution < 1.29 is 24.5 Å². The molecule has 0 atom stereocenters. The maximum Gasteiger partial charge on any atom is 0.345 e. The molecule has 2 aromatic rings. The van der Waals surface area contributed by atoms with Crippen LogP contribution in [0.15, 0.2) is 18.2 Å². The summed E-state index contributed by atoms with van der Waals surface area (Å²) in [7, 11) is 0. The molecule has 2 aromatic carbocycles. The van der Waals surface area contributed by atoms with Gasteiger partial charge in [0.25, 0.3) is 5.69 Å². The van der Waals surface area contributed by atoms with Gasteiger partial charge in [-0.25, -0.2) is 4.79 Å². The zero-order valence-electron chi connectivity index (χ0n) is 16.5. The first-order valence-electron chi connectivity index (χ1n) is 8.58. The molecule has 0 unspecified atom stereocenters. The zero-order valence-corrected chi connectivity index (χ0v) is 18.0. The number of nitro benzene ring substituents is 2. The molecule has 160 valence electrons. The van der Waals surface area contributed by atoms with Gasteiger partial charge in [-0.15, -0.1) is 0 Å². The largest absolute Gasteiger partial charge is 0.415 e. The van der Waals surface area contributed by atoms with Crippen molar-refractivity contribution in [1.82, 2.24) is 0 Å². The molecule has 0 fully saturated rings. The van der Waals surface area contributed by atoms with Gasteiger partial charge in [0, 0.05) is 22.2 Å². The number of benzene rings is 2. The average molecular weight is 457 g/mol. The van der Waals surface area contributed by atoms with E-state index in [1.54, 1.807) is 20.8 Å². The summed E-state index contributed by atoms with van der Waals surface area (Å²) in [6.45, 7) is 5.55. The normalized spacial score (nSPS) is 11.3. The lowest BCUT2D eigenvalue weighted by Crippen LogP contribution is -2.20. The fraction of sp³-hybridized carbons (Fsp3) is 0.316. The van der Waals surface area contributed by atoms with E-state index in [0.29, 0.717) is 0 Å². The van der Waals surface area contributed by atoms with Gasteiger partial charge < -0.3 is 9.84 Å². The Balaban J connectivity index is 2.81. The highest BCUT2D eigenvalue weighted by molar-refractivity contribution is 6.36. The van der Waals surface area contributed by atoms with Crippen molar-refractivity contribution in [1.29, 1.82) is 0 Å². The van der Waals surface area contributed by atoms with Gasteiger partial charge in [0.1, 0.15) is 5.56 Å². The highest BCUT2D eigenvalue weighted by Crippen LogP contribution is 2.45. The lowest BCUT2D eigenvalue weighted by molar-refractivity contribution is -0.395. The van der Waals surface area contributed by atoms with E-state index in [4.69, 9.17) is 27.9 Å². The monoisotopic (exact) mass is 456 g/mol. The van der Waals surface area contributed by atoms with Crippen molar-refractivity contribution in [3.63, 3.8) is 0 Å². The molecule has 0 aromatic heterocycles. The molecular weight excluding hydrogens is 439 g/mol. The van der Waals surface area contributed by atoms with Gasteiger partial charge in [-0.1, -0.05) is 44.0 Å². The summed E-state index contributed by atoms with van der Waals surface area (Å²) >= 11 is 12.1. The summed E-state index contributed by atoms with van der Waals surface area (Å²) in [5.41, 5.74) is -2.46. The minimum Gasteiger partial charge on any atom is -0.415 e. The summed E-state index contributed by atoms with van der Waals surface area (Å²) in [6.07, 6.45) is 0. The Morgan fingerprint density at radius 2 is 1.70 bits per heavy atom. The molecule has 0 radical (unpaired) electrons. The van der Waals surface area contributed by atoms with Gasteiger partial charge in [0.2, 0.25) is 5.75 Å². The summed E-state index contributed by atoms with van der Waals surface area (Å²) in [5, 5.41) is 32.7. The van der Waals surface area contributed by atoms with Crippen LogP contribution in [0.4, 0.5) is 11.4 Å². The highest BCUT2D eigenvalue weighted by Gasteiger charge is 2.36. The molecule has 11 heteroatoms. The molecule has 0 heterocycles. The second-order valence-electron chi connectivity index (χ2n) is 7.44. The smallest absolute Gasteiger partial charge is 0.345 e. The number of aliphatic hydroxyl groups is 1. The van der Waals surface area contributed by atoms with Crippen molar-refractivity contribution in [3.8, 4) is 5.75 Å². The molecule has 0 aliphatic heterocycles. The van der Waals surface area contributed by atoms with Crippen molar-refractivity contribution in [2.75, 3.05) is 0 Å². The van der Waals surface area contributed by atoms with Crippen LogP contribution in [0.5, 0.6) is 5.75 Å². The fourth-order valence-electron chi connectivity index (χ4n) is 2.91. The number of carbonyl (C=O) groups excluding carboxylic acids is 1. The first-order chi connectivity index (χ1) is 13.8. The molecule has 0 spiro atoms. The Hall–Kier alpha value is -2.75. The molecule has 0 aliphatic carbocycles. The van der Waals surface area contributed by atoms with Gasteiger partial charge in [0.05, 0.1) is 27.0 Å². The minimum atomic E-state index is -1.09. The molecule has 1 N–H and O–H groups in total. The van der Waals surface area contributed by atoms with Crippen LogP contribution >= 0.6 is 23.2 Å². The Morgan fingerprint density at radius 1 is 1.13 bits per heavy atom. The highest BCUT2D eigenvalue weighted by atomic mass is 35.5. The molecular formula is C19H18Cl2N2O7. The second-order valence-corrected chi connectivity index (χ2v) is 8.25. The van der Waals surface area contributed by atoms with E-state index in [-0.39, 0.29) is 32.3 Å². The van der Waals surface area contributed by atoms with Gasteiger partial charge in [0.15, 0.2) is 0 Å². The first kappa shape index (κ1) is 23.5.